The van der Waals surface area contributed by atoms with Crippen LogP contribution in [0.4, 0.5) is 13.2 Å². The molecule has 0 fully saturated rings. The summed E-state index contributed by atoms with van der Waals surface area (Å²) in [5, 5.41) is 8.49. The van der Waals surface area contributed by atoms with Crippen LogP contribution in [0.1, 0.15) is 47.4 Å². The molecular weight excluding hydrogens is 391 g/mol. The molecule has 3 aromatic rings. The number of nitrogens with zero attached hydrogens (tertiary/aromatic N) is 2. The zero-order valence-corrected chi connectivity index (χ0v) is 16.0. The van der Waals surface area contributed by atoms with Crippen LogP contribution in [-0.2, 0) is 6.18 Å². The maximum Gasteiger partial charge on any atom is 0.416 e. The molecule has 2 atom stereocenters. The first-order valence-electron chi connectivity index (χ1n) is 8.65. The molecule has 1 amide bonds. The molecular formula is C19H18F3N3O2S. The minimum absolute atomic E-state index is 0.0151. The number of hydrogen-bond donors (Lipinski definition) is 1. The smallest absolute Gasteiger partial charge is 0.339 e. The van der Waals surface area contributed by atoms with E-state index in [1.165, 1.54) is 23.5 Å². The zero-order chi connectivity index (χ0) is 20.3. The summed E-state index contributed by atoms with van der Waals surface area (Å²) in [6.07, 6.45) is -3.73. The summed E-state index contributed by atoms with van der Waals surface area (Å²) in [5.74, 6) is -0.0794. The quantitative estimate of drug-likeness (QED) is 0.597. The molecule has 0 bridgehead atoms. The van der Waals surface area contributed by atoms with Crippen LogP contribution in [0.2, 0.25) is 0 Å². The maximum atomic E-state index is 12.9. The van der Waals surface area contributed by atoms with E-state index in [1.54, 1.807) is 17.5 Å². The Morgan fingerprint density at radius 2 is 2.07 bits per heavy atom. The highest BCUT2D eigenvalue weighted by molar-refractivity contribution is 7.12. The summed E-state index contributed by atoms with van der Waals surface area (Å²) < 4.78 is 44.1. The highest BCUT2D eigenvalue weighted by atomic mass is 32.1. The number of halogens is 3. The second-order valence-corrected chi connectivity index (χ2v) is 7.30. The Kier molecular flexibility index (Phi) is 5.83. The summed E-state index contributed by atoms with van der Waals surface area (Å²) in [7, 11) is 0. The van der Waals surface area contributed by atoms with E-state index in [2.05, 4.69) is 15.5 Å². The Balaban J connectivity index is 1.87. The number of amides is 1. The largest absolute Gasteiger partial charge is 0.416 e. The maximum absolute atomic E-state index is 12.9. The number of aromatic nitrogens is 2. The topological polar surface area (TPSA) is 68.0 Å². The van der Waals surface area contributed by atoms with Gasteiger partial charge in [0.2, 0.25) is 11.7 Å². The average Bonchev–Trinajstić information content (AvgIpc) is 3.36. The van der Waals surface area contributed by atoms with Crippen LogP contribution in [0, 0.1) is 5.92 Å². The molecule has 1 aromatic carbocycles. The Morgan fingerprint density at radius 3 is 2.71 bits per heavy atom. The van der Waals surface area contributed by atoms with Gasteiger partial charge in [-0.05, 0) is 29.5 Å². The van der Waals surface area contributed by atoms with Crippen LogP contribution in [0.3, 0.4) is 0 Å². The molecule has 0 spiro atoms. The fourth-order valence-corrected chi connectivity index (χ4v) is 3.24. The van der Waals surface area contributed by atoms with Crippen molar-refractivity contribution in [3.63, 3.8) is 0 Å². The van der Waals surface area contributed by atoms with Gasteiger partial charge in [-0.2, -0.15) is 18.2 Å². The number of rotatable bonds is 6. The van der Waals surface area contributed by atoms with E-state index >= 15 is 0 Å². The van der Waals surface area contributed by atoms with Gasteiger partial charge in [0.05, 0.1) is 10.4 Å². The predicted octanol–water partition coefficient (Wildman–Crippen LogP) is 5.33. The second kappa shape index (κ2) is 8.14. The summed E-state index contributed by atoms with van der Waals surface area (Å²) in [4.78, 5) is 17.2. The standard InChI is InChI=1S/C19H18F3N3O2S/c1-3-11(2)15(23-17(26)14-8-5-9-28-14)18-24-16(25-27-18)12-6-4-7-13(10-12)19(20,21)22/h4-11,15H,3H2,1-2H3,(H,23,26)/t11-,15-/m1/s1. The first-order chi connectivity index (χ1) is 13.3. The zero-order valence-electron chi connectivity index (χ0n) is 15.2. The highest BCUT2D eigenvalue weighted by Gasteiger charge is 2.31. The molecule has 2 aromatic heterocycles. The Hall–Kier alpha value is -2.68. The lowest BCUT2D eigenvalue weighted by Crippen LogP contribution is -2.32. The van der Waals surface area contributed by atoms with Crippen molar-refractivity contribution in [2.24, 2.45) is 5.92 Å². The molecule has 0 unspecified atom stereocenters. The fraction of sp³-hybridized carbons (Fsp3) is 0.316. The first kappa shape index (κ1) is 20.1. The number of carbonyl (C=O) groups excluding carboxylic acids is 1. The van der Waals surface area contributed by atoms with E-state index in [1.807, 2.05) is 13.8 Å². The molecule has 0 aliphatic rings. The van der Waals surface area contributed by atoms with Gasteiger partial charge in [0.25, 0.3) is 5.91 Å². The molecule has 1 N–H and O–H groups in total. The van der Waals surface area contributed by atoms with Crippen LogP contribution in [0.15, 0.2) is 46.3 Å². The van der Waals surface area contributed by atoms with Crippen LogP contribution < -0.4 is 5.32 Å². The van der Waals surface area contributed by atoms with Gasteiger partial charge in [-0.25, -0.2) is 0 Å². The van der Waals surface area contributed by atoms with E-state index in [-0.39, 0.29) is 29.1 Å². The molecule has 2 heterocycles. The third-order valence-electron chi connectivity index (χ3n) is 4.40. The highest BCUT2D eigenvalue weighted by Crippen LogP contribution is 2.32. The van der Waals surface area contributed by atoms with Gasteiger partial charge in [0, 0.05) is 5.56 Å². The van der Waals surface area contributed by atoms with Gasteiger partial charge in [0.15, 0.2) is 0 Å². The lowest BCUT2D eigenvalue weighted by Gasteiger charge is -2.20. The molecule has 28 heavy (non-hydrogen) atoms. The van der Waals surface area contributed by atoms with Gasteiger partial charge in [0.1, 0.15) is 6.04 Å². The Bertz CT molecular complexity index is 938. The summed E-state index contributed by atoms with van der Waals surface area (Å²) >= 11 is 1.31. The van der Waals surface area contributed by atoms with Gasteiger partial charge in [-0.15, -0.1) is 11.3 Å². The lowest BCUT2D eigenvalue weighted by molar-refractivity contribution is -0.137. The number of benzene rings is 1. The fourth-order valence-electron chi connectivity index (χ4n) is 2.62. The van der Waals surface area contributed by atoms with E-state index in [0.717, 1.165) is 18.6 Å². The number of carbonyl (C=O) groups is 1. The van der Waals surface area contributed by atoms with Crippen LogP contribution in [0.5, 0.6) is 0 Å². The van der Waals surface area contributed by atoms with Gasteiger partial charge in [-0.3, -0.25) is 4.79 Å². The van der Waals surface area contributed by atoms with E-state index in [0.29, 0.717) is 4.88 Å². The minimum atomic E-state index is -4.46. The van der Waals surface area contributed by atoms with E-state index < -0.39 is 17.8 Å². The molecule has 0 radical (unpaired) electrons. The molecule has 0 aliphatic carbocycles. The molecule has 9 heteroatoms. The van der Waals surface area contributed by atoms with Crippen molar-refractivity contribution in [2.75, 3.05) is 0 Å². The molecule has 0 aliphatic heterocycles. The summed E-state index contributed by atoms with van der Waals surface area (Å²) in [6.45, 7) is 3.88. The summed E-state index contributed by atoms with van der Waals surface area (Å²) in [6, 6.07) is 7.65. The molecule has 148 valence electrons. The van der Waals surface area contributed by atoms with Crippen molar-refractivity contribution in [1.29, 1.82) is 0 Å². The van der Waals surface area contributed by atoms with Crippen molar-refractivity contribution in [3.05, 3.63) is 58.1 Å². The second-order valence-electron chi connectivity index (χ2n) is 6.35. The number of alkyl halides is 3. The normalized spacial score (nSPS) is 13.9. The molecule has 0 saturated heterocycles. The molecule has 5 nitrogen and oxygen atoms in total. The average molecular weight is 409 g/mol. The van der Waals surface area contributed by atoms with Crippen molar-refractivity contribution >= 4 is 17.2 Å². The number of nitrogens with one attached hydrogen (secondary N) is 1. The molecule has 3 rings (SSSR count). The van der Waals surface area contributed by atoms with Crippen molar-refractivity contribution < 1.29 is 22.5 Å². The first-order valence-corrected chi connectivity index (χ1v) is 9.53. The SMILES string of the molecule is CC[C@@H](C)[C@@H](NC(=O)c1cccs1)c1nc(-c2cccc(C(F)(F)F)c2)no1. The van der Waals surface area contributed by atoms with Gasteiger partial charge < -0.3 is 9.84 Å². The summed E-state index contributed by atoms with van der Waals surface area (Å²) in [5.41, 5.74) is -0.599. The number of thiophene rings is 1. The lowest BCUT2D eigenvalue weighted by atomic mass is 9.99. The Morgan fingerprint density at radius 1 is 1.29 bits per heavy atom. The number of hydrogen-bond acceptors (Lipinski definition) is 5. The van der Waals surface area contributed by atoms with Crippen LogP contribution >= 0.6 is 11.3 Å². The van der Waals surface area contributed by atoms with E-state index in [9.17, 15) is 18.0 Å². The third kappa shape index (κ3) is 4.41. The minimum Gasteiger partial charge on any atom is -0.339 e. The predicted molar refractivity (Wildman–Crippen MR) is 98.7 cm³/mol. The van der Waals surface area contributed by atoms with Gasteiger partial charge in [-0.1, -0.05) is 43.6 Å². The van der Waals surface area contributed by atoms with Gasteiger partial charge >= 0.3 is 6.18 Å². The van der Waals surface area contributed by atoms with E-state index in [4.69, 9.17) is 4.52 Å². The monoisotopic (exact) mass is 409 g/mol. The van der Waals surface area contributed by atoms with Crippen molar-refractivity contribution in [2.45, 2.75) is 32.5 Å². The van der Waals surface area contributed by atoms with Crippen LogP contribution in [0.25, 0.3) is 11.4 Å². The molecule has 0 saturated carbocycles. The Labute approximate surface area is 163 Å². The van der Waals surface area contributed by atoms with Crippen molar-refractivity contribution in [3.8, 4) is 11.4 Å². The van der Waals surface area contributed by atoms with Crippen LogP contribution in [-0.4, -0.2) is 16.0 Å². The van der Waals surface area contributed by atoms with Crippen molar-refractivity contribution in [1.82, 2.24) is 15.5 Å². The third-order valence-corrected chi connectivity index (χ3v) is 5.27.